The lowest BCUT2D eigenvalue weighted by Crippen LogP contribution is -2.07. The second kappa shape index (κ2) is 8.21. The number of ether oxygens (including phenoxy) is 1. The van der Waals surface area contributed by atoms with Gasteiger partial charge in [0.25, 0.3) is 0 Å². The Morgan fingerprint density at radius 3 is 2.74 bits per heavy atom. The maximum atomic E-state index is 9.27. The van der Waals surface area contributed by atoms with Crippen molar-refractivity contribution in [2.75, 3.05) is 6.61 Å². The number of halogens is 1. The predicted molar refractivity (Wildman–Crippen MR) is 90.7 cm³/mol. The molecule has 0 saturated carbocycles. The normalized spacial score (nSPS) is 11.0. The molecule has 118 valence electrons. The van der Waals surface area contributed by atoms with Crippen molar-refractivity contribution in [1.29, 1.82) is 5.26 Å². The summed E-state index contributed by atoms with van der Waals surface area (Å²) in [5.74, 6) is 0.754. The Bertz CT molecular complexity index is 751. The van der Waals surface area contributed by atoms with E-state index in [1.54, 1.807) is 6.07 Å². The highest BCUT2D eigenvalue weighted by Crippen LogP contribution is 2.23. The smallest absolute Gasteiger partial charge is 0.187 e. The van der Waals surface area contributed by atoms with Gasteiger partial charge in [-0.25, -0.2) is 0 Å². The van der Waals surface area contributed by atoms with E-state index in [1.807, 2.05) is 50.2 Å². The number of nitriles is 1. The highest BCUT2D eigenvalue weighted by atomic mass is 35.5. The molecule has 0 aliphatic rings. The van der Waals surface area contributed by atoms with Crippen molar-refractivity contribution in [3.8, 4) is 11.8 Å². The molecule has 5 heteroatoms. The minimum Gasteiger partial charge on any atom is -0.489 e. The Balaban J connectivity index is 2.22. The zero-order valence-electron chi connectivity index (χ0n) is 13.0. The summed E-state index contributed by atoms with van der Waals surface area (Å²) in [7, 11) is 0. The highest BCUT2D eigenvalue weighted by Gasteiger charge is 2.10. The van der Waals surface area contributed by atoms with E-state index >= 15 is 0 Å². The maximum absolute atomic E-state index is 9.27. The van der Waals surface area contributed by atoms with Crippen LogP contribution in [0.25, 0.3) is 0 Å². The van der Waals surface area contributed by atoms with Crippen molar-refractivity contribution >= 4 is 17.3 Å². The lowest BCUT2D eigenvalue weighted by molar-refractivity contribution is 0.159. The monoisotopic (exact) mass is 328 g/mol. The summed E-state index contributed by atoms with van der Waals surface area (Å²) >= 11 is 5.95. The van der Waals surface area contributed by atoms with Gasteiger partial charge in [-0.15, -0.1) is 0 Å². The van der Waals surface area contributed by atoms with Crippen LogP contribution in [0.15, 0.2) is 47.6 Å². The van der Waals surface area contributed by atoms with Gasteiger partial charge < -0.3 is 9.57 Å². The largest absolute Gasteiger partial charge is 0.489 e. The van der Waals surface area contributed by atoms with E-state index < -0.39 is 0 Å². The zero-order chi connectivity index (χ0) is 16.7. The molecule has 0 amide bonds. The predicted octanol–water partition coefficient (Wildman–Crippen LogP) is 4.49. The molecule has 0 spiro atoms. The summed E-state index contributed by atoms with van der Waals surface area (Å²) in [6.07, 6.45) is 0. The molecule has 0 aromatic heterocycles. The molecular formula is C18H17ClN2O2. The molecule has 23 heavy (non-hydrogen) atoms. The summed E-state index contributed by atoms with van der Waals surface area (Å²) in [5, 5.41) is 13.8. The quantitative estimate of drug-likeness (QED) is 0.580. The van der Waals surface area contributed by atoms with Crippen molar-refractivity contribution in [3.63, 3.8) is 0 Å². The lowest BCUT2D eigenvalue weighted by atomic mass is 10.0. The van der Waals surface area contributed by atoms with Crippen LogP contribution in [0.2, 0.25) is 5.02 Å². The fraction of sp³-hybridized carbons (Fsp3) is 0.222. The van der Waals surface area contributed by atoms with E-state index in [-0.39, 0.29) is 5.71 Å². The van der Waals surface area contributed by atoms with Crippen LogP contribution in [0.4, 0.5) is 0 Å². The Labute approximate surface area is 140 Å². The second-order valence-corrected chi connectivity index (χ2v) is 5.26. The van der Waals surface area contributed by atoms with Gasteiger partial charge in [-0.05, 0) is 43.2 Å². The molecule has 0 radical (unpaired) electrons. The molecule has 0 N–H and O–H groups in total. The first-order chi connectivity index (χ1) is 11.2. The maximum Gasteiger partial charge on any atom is 0.187 e. The second-order valence-electron chi connectivity index (χ2n) is 4.83. The number of benzene rings is 2. The van der Waals surface area contributed by atoms with Gasteiger partial charge in [-0.1, -0.05) is 41.0 Å². The minimum absolute atomic E-state index is 0.235. The van der Waals surface area contributed by atoms with Gasteiger partial charge in [-0.2, -0.15) is 5.26 Å². The Hall–Kier alpha value is -2.51. The van der Waals surface area contributed by atoms with Crippen molar-refractivity contribution in [3.05, 3.63) is 64.2 Å². The molecular weight excluding hydrogens is 312 g/mol. The summed E-state index contributed by atoms with van der Waals surface area (Å²) < 4.78 is 5.85. The lowest BCUT2D eigenvalue weighted by Gasteiger charge is -2.12. The first-order valence-electron chi connectivity index (χ1n) is 7.23. The third kappa shape index (κ3) is 4.48. The van der Waals surface area contributed by atoms with Gasteiger partial charge in [-0.3, -0.25) is 0 Å². The molecule has 0 unspecified atom stereocenters. The summed E-state index contributed by atoms with van der Waals surface area (Å²) in [6, 6.07) is 15.0. The van der Waals surface area contributed by atoms with Crippen LogP contribution in [-0.2, 0) is 11.4 Å². The zero-order valence-corrected chi connectivity index (χ0v) is 13.8. The summed E-state index contributed by atoms with van der Waals surface area (Å²) in [4.78, 5) is 5.00. The molecule has 0 aliphatic heterocycles. The van der Waals surface area contributed by atoms with E-state index in [0.717, 1.165) is 16.9 Å². The number of hydrogen-bond acceptors (Lipinski definition) is 4. The van der Waals surface area contributed by atoms with E-state index in [4.69, 9.17) is 21.2 Å². The molecule has 2 aromatic rings. The first-order valence-corrected chi connectivity index (χ1v) is 7.60. The van der Waals surface area contributed by atoms with Crippen molar-refractivity contribution < 1.29 is 9.57 Å². The summed E-state index contributed by atoms with van der Waals surface area (Å²) in [5.41, 5.74) is 2.76. The van der Waals surface area contributed by atoms with Crippen LogP contribution in [0.1, 0.15) is 23.6 Å². The van der Waals surface area contributed by atoms with Crippen LogP contribution < -0.4 is 4.74 Å². The molecule has 0 bridgehead atoms. The third-order valence-electron chi connectivity index (χ3n) is 3.18. The Morgan fingerprint density at radius 1 is 1.26 bits per heavy atom. The first kappa shape index (κ1) is 16.9. The van der Waals surface area contributed by atoms with Crippen LogP contribution in [0.5, 0.6) is 5.75 Å². The molecule has 2 aromatic carbocycles. The van der Waals surface area contributed by atoms with Crippen molar-refractivity contribution in [2.45, 2.75) is 20.5 Å². The number of oxime groups is 1. The van der Waals surface area contributed by atoms with E-state index in [1.165, 1.54) is 0 Å². The standard InChI is InChI=1S/C18H17ClN2O2/c1-3-23-21-17(11-20)16-7-5-4-6-14(16)12-22-18-9-8-15(19)10-13(18)2/h4-10H,3,12H2,1-2H3. The molecule has 0 atom stereocenters. The molecule has 0 heterocycles. The Morgan fingerprint density at radius 2 is 2.04 bits per heavy atom. The minimum atomic E-state index is 0.235. The average Bonchev–Trinajstić information content (AvgIpc) is 2.56. The SMILES string of the molecule is CCON=C(C#N)c1ccccc1COc1ccc(Cl)cc1C. The van der Waals surface area contributed by atoms with Crippen molar-refractivity contribution in [2.24, 2.45) is 5.16 Å². The molecule has 0 aliphatic carbocycles. The van der Waals surface area contributed by atoms with E-state index in [9.17, 15) is 5.26 Å². The average molecular weight is 329 g/mol. The van der Waals surface area contributed by atoms with Crippen LogP contribution in [0, 0.1) is 18.3 Å². The fourth-order valence-corrected chi connectivity index (χ4v) is 2.29. The molecule has 0 saturated heterocycles. The summed E-state index contributed by atoms with van der Waals surface area (Å²) in [6.45, 7) is 4.49. The van der Waals surface area contributed by atoms with Crippen LogP contribution in [0.3, 0.4) is 0 Å². The van der Waals surface area contributed by atoms with E-state index in [0.29, 0.717) is 23.8 Å². The van der Waals surface area contributed by atoms with Gasteiger partial charge in [0.05, 0.1) is 0 Å². The number of nitrogens with zero attached hydrogens (tertiary/aromatic N) is 2. The number of aryl methyl sites for hydroxylation is 1. The molecule has 2 rings (SSSR count). The van der Waals surface area contributed by atoms with Crippen LogP contribution in [-0.4, -0.2) is 12.3 Å². The van der Waals surface area contributed by atoms with Gasteiger partial charge >= 0.3 is 0 Å². The fourth-order valence-electron chi connectivity index (χ4n) is 2.07. The van der Waals surface area contributed by atoms with Gasteiger partial charge in [0, 0.05) is 10.6 Å². The Kier molecular flexibility index (Phi) is 6.02. The number of rotatable bonds is 6. The third-order valence-corrected chi connectivity index (χ3v) is 3.42. The molecule has 0 fully saturated rings. The van der Waals surface area contributed by atoms with Gasteiger partial charge in [0.1, 0.15) is 25.0 Å². The van der Waals surface area contributed by atoms with E-state index in [2.05, 4.69) is 11.2 Å². The number of hydrogen-bond donors (Lipinski definition) is 0. The van der Waals surface area contributed by atoms with Gasteiger partial charge in [0.15, 0.2) is 5.71 Å². The van der Waals surface area contributed by atoms with Gasteiger partial charge in [0.2, 0.25) is 0 Å². The topological polar surface area (TPSA) is 54.6 Å². The highest BCUT2D eigenvalue weighted by molar-refractivity contribution is 6.30. The van der Waals surface area contributed by atoms with Crippen LogP contribution >= 0.6 is 11.6 Å². The molecule has 4 nitrogen and oxygen atoms in total. The van der Waals surface area contributed by atoms with Crippen molar-refractivity contribution in [1.82, 2.24) is 0 Å².